The van der Waals surface area contributed by atoms with Gasteiger partial charge in [0.25, 0.3) is 0 Å². The Morgan fingerprint density at radius 3 is 1.91 bits per heavy atom. The normalized spacial score (nSPS) is 11.1. The van der Waals surface area contributed by atoms with Gasteiger partial charge in [0.15, 0.2) is 0 Å². The van der Waals surface area contributed by atoms with Gasteiger partial charge in [-0.25, -0.2) is 0 Å². The molecule has 0 spiro atoms. The van der Waals surface area contributed by atoms with Gasteiger partial charge in [-0.1, -0.05) is 78.9 Å². The van der Waals surface area contributed by atoms with Gasteiger partial charge in [-0.05, 0) is 60.5 Å². The standard InChI is InChI=1S/C31H26N2O/c1-2-34-29-20-18-28(19-21-29)33-30(24-12-6-3-7-13-24)22-26(23-32-27-16-10-5-11-17-27)31(33)25-14-8-4-9-15-25/h3-23H,2H2,1H3. The molecule has 0 aliphatic rings. The topological polar surface area (TPSA) is 26.5 Å². The molecule has 5 aromatic rings. The molecule has 0 aliphatic heterocycles. The molecule has 0 radical (unpaired) electrons. The smallest absolute Gasteiger partial charge is 0.119 e. The maximum Gasteiger partial charge on any atom is 0.119 e. The number of hydrogen-bond acceptors (Lipinski definition) is 2. The van der Waals surface area contributed by atoms with E-state index in [1.165, 1.54) is 0 Å². The van der Waals surface area contributed by atoms with E-state index >= 15 is 0 Å². The second-order valence-electron chi connectivity index (χ2n) is 7.92. The van der Waals surface area contributed by atoms with Gasteiger partial charge in [0.2, 0.25) is 0 Å². The van der Waals surface area contributed by atoms with Crippen molar-refractivity contribution in [2.75, 3.05) is 6.61 Å². The van der Waals surface area contributed by atoms with Crippen LogP contribution in [0.4, 0.5) is 5.69 Å². The van der Waals surface area contributed by atoms with E-state index in [0.717, 1.165) is 45.2 Å². The van der Waals surface area contributed by atoms with Crippen LogP contribution in [-0.2, 0) is 0 Å². The SMILES string of the molecule is CCOc1ccc(-n2c(-c3ccccc3)cc(C=Nc3ccccc3)c2-c2ccccc2)cc1. The van der Waals surface area contributed by atoms with E-state index in [4.69, 9.17) is 9.73 Å². The fourth-order valence-corrected chi connectivity index (χ4v) is 4.13. The molecule has 0 saturated carbocycles. The van der Waals surface area contributed by atoms with Crippen molar-refractivity contribution in [2.24, 2.45) is 4.99 Å². The molecule has 1 aromatic heterocycles. The first kappa shape index (κ1) is 21.5. The lowest BCUT2D eigenvalue weighted by molar-refractivity contribution is 0.340. The van der Waals surface area contributed by atoms with Gasteiger partial charge in [-0.2, -0.15) is 0 Å². The molecule has 1 heterocycles. The zero-order chi connectivity index (χ0) is 23.2. The number of benzene rings is 4. The van der Waals surface area contributed by atoms with Crippen LogP contribution in [0, 0.1) is 0 Å². The highest BCUT2D eigenvalue weighted by molar-refractivity contribution is 5.94. The third-order valence-electron chi connectivity index (χ3n) is 5.66. The Balaban J connectivity index is 1.74. The lowest BCUT2D eigenvalue weighted by atomic mass is 10.1. The highest BCUT2D eigenvalue weighted by Crippen LogP contribution is 2.36. The molecular formula is C31H26N2O. The summed E-state index contributed by atoms with van der Waals surface area (Å²) in [4.78, 5) is 4.78. The molecule has 0 aliphatic carbocycles. The Morgan fingerprint density at radius 2 is 1.29 bits per heavy atom. The average Bonchev–Trinajstić information content (AvgIpc) is 3.29. The number of para-hydroxylation sites is 1. The summed E-state index contributed by atoms with van der Waals surface area (Å²) >= 11 is 0. The van der Waals surface area contributed by atoms with Crippen molar-refractivity contribution in [1.82, 2.24) is 4.57 Å². The van der Waals surface area contributed by atoms with Gasteiger partial charge in [-0.15, -0.1) is 0 Å². The summed E-state index contributed by atoms with van der Waals surface area (Å²) in [6, 6.07) is 41.5. The van der Waals surface area contributed by atoms with Crippen molar-refractivity contribution in [3.8, 4) is 34.0 Å². The number of hydrogen-bond donors (Lipinski definition) is 0. The molecule has 0 unspecified atom stereocenters. The van der Waals surface area contributed by atoms with Crippen LogP contribution in [0.15, 0.2) is 126 Å². The van der Waals surface area contributed by atoms with Crippen molar-refractivity contribution in [3.63, 3.8) is 0 Å². The van der Waals surface area contributed by atoms with Crippen LogP contribution in [-0.4, -0.2) is 17.4 Å². The van der Waals surface area contributed by atoms with Crippen LogP contribution < -0.4 is 4.74 Å². The van der Waals surface area contributed by atoms with Crippen molar-refractivity contribution in [1.29, 1.82) is 0 Å². The minimum Gasteiger partial charge on any atom is -0.494 e. The van der Waals surface area contributed by atoms with Crippen LogP contribution in [0.1, 0.15) is 12.5 Å². The molecule has 34 heavy (non-hydrogen) atoms. The molecule has 3 heteroatoms. The van der Waals surface area contributed by atoms with Crippen LogP contribution in [0.2, 0.25) is 0 Å². The summed E-state index contributed by atoms with van der Waals surface area (Å²) in [5, 5.41) is 0. The van der Waals surface area contributed by atoms with E-state index in [0.29, 0.717) is 6.61 Å². The third-order valence-corrected chi connectivity index (χ3v) is 5.66. The van der Waals surface area contributed by atoms with Crippen molar-refractivity contribution in [3.05, 3.63) is 127 Å². The van der Waals surface area contributed by atoms with Crippen LogP contribution in [0.5, 0.6) is 5.75 Å². The molecule has 0 atom stereocenters. The largest absolute Gasteiger partial charge is 0.494 e. The van der Waals surface area contributed by atoms with E-state index < -0.39 is 0 Å². The summed E-state index contributed by atoms with van der Waals surface area (Å²) in [7, 11) is 0. The maximum absolute atomic E-state index is 5.69. The van der Waals surface area contributed by atoms with Gasteiger partial charge in [-0.3, -0.25) is 4.99 Å². The first-order chi connectivity index (χ1) is 16.8. The van der Waals surface area contributed by atoms with Crippen molar-refractivity contribution >= 4 is 11.9 Å². The Labute approximate surface area is 200 Å². The highest BCUT2D eigenvalue weighted by atomic mass is 16.5. The number of ether oxygens (including phenoxy) is 1. The Bertz CT molecular complexity index is 1370. The van der Waals surface area contributed by atoms with E-state index in [2.05, 4.69) is 71.3 Å². The first-order valence-corrected chi connectivity index (χ1v) is 11.5. The fraction of sp³-hybridized carbons (Fsp3) is 0.0645. The summed E-state index contributed by atoms with van der Waals surface area (Å²) in [5.41, 5.74) is 7.54. The molecule has 0 N–H and O–H groups in total. The van der Waals surface area contributed by atoms with Crippen LogP contribution >= 0.6 is 0 Å². The quantitative estimate of drug-likeness (QED) is 0.235. The van der Waals surface area contributed by atoms with Crippen LogP contribution in [0.3, 0.4) is 0 Å². The maximum atomic E-state index is 5.69. The molecule has 0 fully saturated rings. The molecule has 0 saturated heterocycles. The highest BCUT2D eigenvalue weighted by Gasteiger charge is 2.18. The average molecular weight is 443 g/mol. The molecular weight excluding hydrogens is 416 g/mol. The zero-order valence-corrected chi connectivity index (χ0v) is 19.1. The minimum absolute atomic E-state index is 0.646. The van der Waals surface area contributed by atoms with Gasteiger partial charge >= 0.3 is 0 Å². The molecule has 0 amide bonds. The van der Waals surface area contributed by atoms with Crippen molar-refractivity contribution in [2.45, 2.75) is 6.92 Å². The lowest BCUT2D eigenvalue weighted by Crippen LogP contribution is -2.01. The number of aliphatic imine (C=N–C) groups is 1. The van der Waals surface area contributed by atoms with Gasteiger partial charge in [0.1, 0.15) is 5.75 Å². The predicted molar refractivity (Wildman–Crippen MR) is 142 cm³/mol. The summed E-state index contributed by atoms with van der Waals surface area (Å²) in [6.07, 6.45) is 1.97. The van der Waals surface area contributed by atoms with Crippen molar-refractivity contribution < 1.29 is 4.74 Å². The minimum atomic E-state index is 0.646. The zero-order valence-electron chi connectivity index (χ0n) is 19.1. The molecule has 3 nitrogen and oxygen atoms in total. The molecule has 5 rings (SSSR count). The first-order valence-electron chi connectivity index (χ1n) is 11.5. The van der Waals surface area contributed by atoms with E-state index in [9.17, 15) is 0 Å². The third kappa shape index (κ3) is 4.55. The summed E-state index contributed by atoms with van der Waals surface area (Å²) in [6.45, 7) is 2.65. The molecule has 4 aromatic carbocycles. The summed E-state index contributed by atoms with van der Waals surface area (Å²) < 4.78 is 8.00. The lowest BCUT2D eigenvalue weighted by Gasteiger charge is -2.15. The van der Waals surface area contributed by atoms with E-state index in [1.54, 1.807) is 0 Å². The van der Waals surface area contributed by atoms with Gasteiger partial charge < -0.3 is 9.30 Å². The Hall–Kier alpha value is -4.37. The van der Waals surface area contributed by atoms with Gasteiger partial charge in [0, 0.05) is 17.5 Å². The number of aromatic nitrogens is 1. The molecule has 166 valence electrons. The van der Waals surface area contributed by atoms with Crippen LogP contribution in [0.25, 0.3) is 28.2 Å². The Kier molecular flexibility index (Phi) is 6.35. The van der Waals surface area contributed by atoms with E-state index in [-0.39, 0.29) is 0 Å². The fourth-order valence-electron chi connectivity index (χ4n) is 4.13. The second kappa shape index (κ2) is 10.1. The summed E-state index contributed by atoms with van der Waals surface area (Å²) in [5.74, 6) is 0.867. The second-order valence-corrected chi connectivity index (χ2v) is 7.92. The Morgan fingerprint density at radius 1 is 0.706 bits per heavy atom. The number of nitrogens with zero attached hydrogens (tertiary/aromatic N) is 2. The molecule has 0 bridgehead atoms. The van der Waals surface area contributed by atoms with E-state index in [1.807, 2.05) is 67.7 Å². The van der Waals surface area contributed by atoms with Gasteiger partial charge in [0.05, 0.1) is 23.7 Å². The predicted octanol–water partition coefficient (Wildman–Crippen LogP) is 7.96. The number of rotatable bonds is 7. The monoisotopic (exact) mass is 442 g/mol.